The molecule has 120 valence electrons. The molecule has 0 bridgehead atoms. The molecule has 1 aromatic carbocycles. The highest BCUT2D eigenvalue weighted by molar-refractivity contribution is 5.98. The molecule has 3 rings (SSSR count). The maximum absolute atomic E-state index is 12.1. The van der Waals surface area contributed by atoms with E-state index in [0.29, 0.717) is 17.9 Å². The number of imidazole rings is 1. The lowest BCUT2D eigenvalue weighted by molar-refractivity contribution is 0.101. The quantitative estimate of drug-likeness (QED) is 0.650. The number of benzene rings is 1. The first-order chi connectivity index (χ1) is 11.1. The lowest BCUT2D eigenvalue weighted by Gasteiger charge is -2.14. The summed E-state index contributed by atoms with van der Waals surface area (Å²) in [7, 11) is 0. The third-order valence-corrected chi connectivity index (χ3v) is 3.73. The van der Waals surface area contributed by atoms with E-state index in [4.69, 9.17) is 9.84 Å². The van der Waals surface area contributed by atoms with Crippen molar-refractivity contribution in [3.63, 3.8) is 0 Å². The van der Waals surface area contributed by atoms with E-state index >= 15 is 0 Å². The molecule has 23 heavy (non-hydrogen) atoms. The lowest BCUT2D eigenvalue weighted by Crippen LogP contribution is -2.16. The van der Waals surface area contributed by atoms with Crippen molar-refractivity contribution in [2.45, 2.75) is 25.8 Å². The van der Waals surface area contributed by atoms with Gasteiger partial charge in [-0.05, 0) is 12.8 Å². The zero-order valence-corrected chi connectivity index (χ0v) is 12.5. The Labute approximate surface area is 132 Å². The number of fused-ring (bicyclic) bond motifs is 1. The summed E-state index contributed by atoms with van der Waals surface area (Å²) >= 11 is 0. The van der Waals surface area contributed by atoms with Gasteiger partial charge in [0, 0.05) is 18.5 Å². The molecule has 1 aromatic heterocycles. The molecule has 0 saturated heterocycles. The third kappa shape index (κ3) is 3.33. The molecule has 0 radical (unpaired) electrons. The normalized spacial score (nSPS) is 13.2. The van der Waals surface area contributed by atoms with Crippen LogP contribution in [0.25, 0.3) is 0 Å². The number of carboxylic acid groups (broad SMARTS) is 1. The number of nitrogens with zero attached hydrogens (tertiary/aromatic N) is 2. The summed E-state index contributed by atoms with van der Waals surface area (Å²) in [4.78, 5) is 27.4. The van der Waals surface area contributed by atoms with Crippen molar-refractivity contribution in [1.29, 1.82) is 0 Å². The van der Waals surface area contributed by atoms with Gasteiger partial charge < -0.3 is 15.2 Å². The van der Waals surface area contributed by atoms with Gasteiger partial charge in [0.2, 0.25) is 0 Å². The Morgan fingerprint density at radius 3 is 2.78 bits per heavy atom. The summed E-state index contributed by atoms with van der Waals surface area (Å²) in [6.45, 7) is 0.690. The van der Waals surface area contributed by atoms with Crippen LogP contribution in [0.3, 0.4) is 0 Å². The highest BCUT2D eigenvalue weighted by atomic mass is 16.7. The maximum atomic E-state index is 12.1. The molecular weight excluding hydrogens is 298 g/mol. The average molecular weight is 315 g/mol. The van der Waals surface area contributed by atoms with Crippen LogP contribution in [0, 0.1) is 0 Å². The Balaban J connectivity index is 1.78. The highest BCUT2D eigenvalue weighted by Crippen LogP contribution is 2.30. The van der Waals surface area contributed by atoms with Crippen LogP contribution in [0.1, 0.15) is 29.0 Å². The third-order valence-electron chi connectivity index (χ3n) is 3.73. The highest BCUT2D eigenvalue weighted by Gasteiger charge is 2.23. The van der Waals surface area contributed by atoms with Crippen LogP contribution >= 0.6 is 0 Å². The van der Waals surface area contributed by atoms with Gasteiger partial charge in [0.1, 0.15) is 5.82 Å². The van der Waals surface area contributed by atoms with E-state index in [1.165, 1.54) is 0 Å². The number of hydrogen-bond acceptors (Lipinski definition) is 5. The summed E-state index contributed by atoms with van der Waals surface area (Å²) < 4.78 is 6.62. The first-order valence-electron chi connectivity index (χ1n) is 7.47. The van der Waals surface area contributed by atoms with Gasteiger partial charge in [-0.25, -0.2) is 9.78 Å². The van der Waals surface area contributed by atoms with Gasteiger partial charge in [0.15, 0.2) is 11.6 Å². The van der Waals surface area contributed by atoms with Gasteiger partial charge in [0.05, 0.1) is 6.54 Å². The van der Waals surface area contributed by atoms with Crippen molar-refractivity contribution in [1.82, 2.24) is 9.55 Å². The molecule has 7 heteroatoms. The molecule has 0 unspecified atom stereocenters. The first kappa shape index (κ1) is 15.1. The molecule has 0 aliphatic carbocycles. The van der Waals surface area contributed by atoms with Gasteiger partial charge in [-0.15, -0.1) is 0 Å². The smallest absolute Gasteiger partial charge is 0.449 e. The predicted molar refractivity (Wildman–Crippen MR) is 83.1 cm³/mol. The number of aromatic nitrogens is 2. The van der Waals surface area contributed by atoms with E-state index in [1.807, 2.05) is 6.07 Å². The first-order valence-corrected chi connectivity index (χ1v) is 7.47. The molecule has 7 nitrogen and oxygen atoms in total. The standard InChI is InChI=1S/C16H17N3O4/c20-12(11-6-2-1-3-7-11)10-17-14-15(23-16(21)22)19-9-5-4-8-13(19)18-14/h1-3,6-7,17H,4-5,8-10H2,(H,21,22). The van der Waals surface area contributed by atoms with E-state index in [-0.39, 0.29) is 18.2 Å². The molecule has 0 atom stereocenters. The van der Waals surface area contributed by atoms with Crippen LogP contribution in [-0.2, 0) is 13.0 Å². The van der Waals surface area contributed by atoms with Crippen LogP contribution in [0.2, 0.25) is 0 Å². The molecule has 2 heterocycles. The van der Waals surface area contributed by atoms with Crippen LogP contribution in [0.5, 0.6) is 5.88 Å². The van der Waals surface area contributed by atoms with Crippen molar-refractivity contribution in [2.24, 2.45) is 0 Å². The minimum Gasteiger partial charge on any atom is -0.449 e. The summed E-state index contributed by atoms with van der Waals surface area (Å²) in [5, 5.41) is 11.8. The van der Waals surface area contributed by atoms with Gasteiger partial charge in [-0.3, -0.25) is 9.36 Å². The van der Waals surface area contributed by atoms with Crippen molar-refractivity contribution < 1.29 is 19.4 Å². The number of hydrogen-bond donors (Lipinski definition) is 2. The van der Waals surface area contributed by atoms with Crippen molar-refractivity contribution in [3.8, 4) is 5.88 Å². The van der Waals surface area contributed by atoms with Crippen molar-refractivity contribution >= 4 is 17.8 Å². The largest absolute Gasteiger partial charge is 0.512 e. The SMILES string of the molecule is O=C(O)Oc1c(NCC(=O)c2ccccc2)nc2n1CCCC2. The topological polar surface area (TPSA) is 93.4 Å². The second-order valence-corrected chi connectivity index (χ2v) is 5.30. The second kappa shape index (κ2) is 6.51. The fourth-order valence-electron chi connectivity index (χ4n) is 2.65. The van der Waals surface area contributed by atoms with Crippen LogP contribution in [0.15, 0.2) is 30.3 Å². The number of anilines is 1. The van der Waals surface area contributed by atoms with E-state index in [1.54, 1.807) is 28.8 Å². The molecule has 0 amide bonds. The van der Waals surface area contributed by atoms with Crippen LogP contribution < -0.4 is 10.1 Å². The fourth-order valence-corrected chi connectivity index (χ4v) is 2.65. The lowest BCUT2D eigenvalue weighted by atomic mass is 10.1. The zero-order valence-electron chi connectivity index (χ0n) is 12.5. The Morgan fingerprint density at radius 2 is 2.04 bits per heavy atom. The number of nitrogens with one attached hydrogen (secondary N) is 1. The number of rotatable bonds is 5. The van der Waals surface area contributed by atoms with Crippen LogP contribution in [-0.4, -0.2) is 33.1 Å². The predicted octanol–water partition coefficient (Wildman–Crippen LogP) is 2.57. The fraction of sp³-hybridized carbons (Fsp3) is 0.312. The molecule has 0 spiro atoms. The average Bonchev–Trinajstić information content (AvgIpc) is 2.91. The van der Waals surface area contributed by atoms with Crippen molar-refractivity contribution in [2.75, 3.05) is 11.9 Å². The zero-order chi connectivity index (χ0) is 16.2. The molecule has 1 aliphatic heterocycles. The number of ketones is 1. The number of carbonyl (C=O) groups excluding carboxylic acids is 1. The Hall–Kier alpha value is -2.83. The van der Waals surface area contributed by atoms with E-state index in [9.17, 15) is 9.59 Å². The number of aryl methyl sites for hydroxylation is 1. The minimum atomic E-state index is -1.39. The van der Waals surface area contributed by atoms with Crippen LogP contribution in [0.4, 0.5) is 10.6 Å². The molecule has 1 aliphatic rings. The Kier molecular flexibility index (Phi) is 4.27. The van der Waals surface area contributed by atoms with E-state index in [2.05, 4.69) is 10.3 Å². The molecule has 2 aromatic rings. The van der Waals surface area contributed by atoms with Crippen molar-refractivity contribution in [3.05, 3.63) is 41.7 Å². The monoisotopic (exact) mass is 315 g/mol. The Morgan fingerprint density at radius 1 is 1.26 bits per heavy atom. The number of carbonyl (C=O) groups is 2. The van der Waals surface area contributed by atoms with Gasteiger partial charge in [-0.2, -0.15) is 0 Å². The van der Waals surface area contributed by atoms with Gasteiger partial charge in [-0.1, -0.05) is 30.3 Å². The molecule has 2 N–H and O–H groups in total. The summed E-state index contributed by atoms with van der Waals surface area (Å²) in [5.41, 5.74) is 0.588. The molecular formula is C16H17N3O4. The van der Waals surface area contributed by atoms with E-state index in [0.717, 1.165) is 25.1 Å². The molecule has 0 saturated carbocycles. The second-order valence-electron chi connectivity index (χ2n) is 5.30. The number of Topliss-reactive ketones (excluding diaryl/α,β-unsaturated/α-hetero) is 1. The Bertz CT molecular complexity index is 724. The molecule has 0 fully saturated rings. The summed E-state index contributed by atoms with van der Waals surface area (Å²) in [6.07, 6.45) is 1.33. The summed E-state index contributed by atoms with van der Waals surface area (Å²) in [6, 6.07) is 8.89. The van der Waals surface area contributed by atoms with Gasteiger partial charge in [0.25, 0.3) is 5.88 Å². The summed E-state index contributed by atoms with van der Waals surface area (Å²) in [5.74, 6) is 1.14. The van der Waals surface area contributed by atoms with Gasteiger partial charge >= 0.3 is 6.16 Å². The maximum Gasteiger partial charge on any atom is 0.512 e. The minimum absolute atomic E-state index is 0.0243. The number of ether oxygens (including phenoxy) is 1. The van der Waals surface area contributed by atoms with E-state index < -0.39 is 6.16 Å².